The van der Waals surface area contributed by atoms with E-state index in [1.165, 1.54) is 22.6 Å². The number of hydrazone groups is 1. The van der Waals surface area contributed by atoms with Gasteiger partial charge in [-0.15, -0.1) is 11.3 Å². The Morgan fingerprint density at radius 3 is 2.76 bits per heavy atom. The molecule has 0 amide bonds. The van der Waals surface area contributed by atoms with Crippen molar-refractivity contribution in [1.82, 2.24) is 20.0 Å². The number of hydrogen-bond acceptors (Lipinski definition) is 7. The third-order valence-corrected chi connectivity index (χ3v) is 5.23. The van der Waals surface area contributed by atoms with Gasteiger partial charge in [0.1, 0.15) is 17.3 Å². The smallest absolute Gasteiger partial charge is 0.325 e. The van der Waals surface area contributed by atoms with Crippen LogP contribution in [0.5, 0.6) is 0 Å². The number of aliphatic hydroxyl groups is 1. The highest BCUT2D eigenvalue weighted by molar-refractivity contribution is 7.11. The Morgan fingerprint density at radius 1 is 1.28 bits per heavy atom. The molecule has 10 heteroatoms. The van der Waals surface area contributed by atoms with E-state index in [0.717, 1.165) is 11.3 Å². The Balaban J connectivity index is 1.59. The van der Waals surface area contributed by atoms with Crippen LogP contribution in [0.4, 0.5) is 0 Å². The quantitative estimate of drug-likeness (QED) is 0.490. The van der Waals surface area contributed by atoms with Gasteiger partial charge in [0.15, 0.2) is 5.84 Å². The van der Waals surface area contributed by atoms with Crippen LogP contribution in [0.25, 0.3) is 16.8 Å². The standard InChI is InChI=1S/C19H16N6O3S/c1-10-12(17(27)24-19(28)22-10)7-21-25-8-14(26)15(16(25)20)18-23-13(9-29-18)11-5-3-2-4-6-11/h2-7,9,20,26H,8H2,1H3,(H2,22,24,27,28)/b20-16?,21-7-. The van der Waals surface area contributed by atoms with E-state index in [1.807, 2.05) is 35.7 Å². The Bertz CT molecular complexity index is 1270. The second-order valence-electron chi connectivity index (χ2n) is 6.32. The highest BCUT2D eigenvalue weighted by Gasteiger charge is 2.30. The van der Waals surface area contributed by atoms with E-state index in [4.69, 9.17) is 5.41 Å². The zero-order valence-electron chi connectivity index (χ0n) is 15.3. The fourth-order valence-corrected chi connectivity index (χ4v) is 3.81. The first-order valence-corrected chi connectivity index (χ1v) is 9.49. The molecule has 3 aromatic rings. The molecule has 0 atom stereocenters. The zero-order chi connectivity index (χ0) is 20.5. The summed E-state index contributed by atoms with van der Waals surface area (Å²) in [7, 11) is 0. The van der Waals surface area contributed by atoms with Crippen molar-refractivity contribution in [3.05, 3.63) is 78.6 Å². The van der Waals surface area contributed by atoms with Crippen molar-refractivity contribution in [3.8, 4) is 11.3 Å². The van der Waals surface area contributed by atoms with Gasteiger partial charge < -0.3 is 10.1 Å². The number of aromatic amines is 2. The lowest BCUT2D eigenvalue weighted by Gasteiger charge is -2.11. The van der Waals surface area contributed by atoms with Crippen molar-refractivity contribution >= 4 is 29.0 Å². The van der Waals surface area contributed by atoms with Gasteiger partial charge in [-0.1, -0.05) is 30.3 Å². The highest BCUT2D eigenvalue weighted by atomic mass is 32.1. The molecule has 1 aromatic carbocycles. The first-order chi connectivity index (χ1) is 13.9. The maximum absolute atomic E-state index is 11.9. The predicted molar refractivity (Wildman–Crippen MR) is 112 cm³/mol. The normalized spacial score (nSPS) is 14.4. The lowest BCUT2D eigenvalue weighted by molar-refractivity contribution is 0.358. The molecule has 9 nitrogen and oxygen atoms in total. The zero-order valence-corrected chi connectivity index (χ0v) is 16.1. The average Bonchev–Trinajstić information content (AvgIpc) is 3.26. The number of amidine groups is 1. The molecule has 29 heavy (non-hydrogen) atoms. The van der Waals surface area contributed by atoms with Gasteiger partial charge in [0.05, 0.1) is 23.0 Å². The van der Waals surface area contributed by atoms with E-state index in [-0.39, 0.29) is 23.7 Å². The molecular formula is C19H16N6O3S. The van der Waals surface area contributed by atoms with Crippen molar-refractivity contribution in [3.63, 3.8) is 0 Å². The number of aromatic nitrogens is 3. The number of thiazole rings is 1. The number of benzene rings is 1. The maximum Gasteiger partial charge on any atom is 0.325 e. The average molecular weight is 408 g/mol. The van der Waals surface area contributed by atoms with Crippen molar-refractivity contribution in [2.24, 2.45) is 5.10 Å². The Morgan fingerprint density at radius 2 is 2.03 bits per heavy atom. The Kier molecular flexibility index (Phi) is 4.69. The molecule has 1 aliphatic heterocycles. The summed E-state index contributed by atoms with van der Waals surface area (Å²) in [6.07, 6.45) is 1.26. The number of H-pyrrole nitrogens is 2. The van der Waals surface area contributed by atoms with Crippen LogP contribution in [0, 0.1) is 12.3 Å². The summed E-state index contributed by atoms with van der Waals surface area (Å²) < 4.78 is 0. The number of aryl methyl sites for hydroxylation is 1. The van der Waals surface area contributed by atoms with Gasteiger partial charge in [0.25, 0.3) is 5.56 Å². The van der Waals surface area contributed by atoms with Crippen LogP contribution in [0.2, 0.25) is 0 Å². The van der Waals surface area contributed by atoms with Gasteiger partial charge in [-0.2, -0.15) is 5.10 Å². The van der Waals surface area contributed by atoms with E-state index in [1.54, 1.807) is 6.92 Å². The molecule has 0 fully saturated rings. The highest BCUT2D eigenvalue weighted by Crippen LogP contribution is 2.32. The number of hydrogen-bond donors (Lipinski definition) is 4. The summed E-state index contributed by atoms with van der Waals surface area (Å²) in [6.45, 7) is 1.57. The summed E-state index contributed by atoms with van der Waals surface area (Å²) in [6, 6.07) is 9.63. The van der Waals surface area contributed by atoms with E-state index in [9.17, 15) is 14.7 Å². The molecule has 4 rings (SSSR count). The van der Waals surface area contributed by atoms with Crippen LogP contribution in [0.15, 0.2) is 56.2 Å². The lowest BCUT2D eigenvalue weighted by Crippen LogP contribution is -2.28. The van der Waals surface area contributed by atoms with Crippen molar-refractivity contribution in [2.45, 2.75) is 6.92 Å². The van der Waals surface area contributed by atoms with E-state index in [0.29, 0.717) is 16.3 Å². The van der Waals surface area contributed by atoms with Crippen LogP contribution < -0.4 is 11.2 Å². The minimum atomic E-state index is -0.599. The second kappa shape index (κ2) is 7.32. The maximum atomic E-state index is 11.9. The molecule has 0 bridgehead atoms. The van der Waals surface area contributed by atoms with Crippen molar-refractivity contribution < 1.29 is 5.11 Å². The molecule has 4 N–H and O–H groups in total. The monoisotopic (exact) mass is 408 g/mol. The van der Waals surface area contributed by atoms with Crippen LogP contribution in [0.3, 0.4) is 0 Å². The SMILES string of the molecule is Cc1[nH]c(=O)[nH]c(=O)c1/C=N\N1CC(O)=C(c2nc(-c3ccccc3)cs2)C1=N. The molecule has 3 heterocycles. The van der Waals surface area contributed by atoms with Gasteiger partial charge in [0.2, 0.25) is 0 Å². The third kappa shape index (κ3) is 3.52. The molecule has 0 saturated heterocycles. The summed E-state index contributed by atoms with van der Waals surface area (Å²) in [5.41, 5.74) is 1.37. The summed E-state index contributed by atoms with van der Waals surface area (Å²) in [4.78, 5) is 32.4. The second-order valence-corrected chi connectivity index (χ2v) is 7.18. The van der Waals surface area contributed by atoms with Crippen LogP contribution in [-0.2, 0) is 0 Å². The van der Waals surface area contributed by atoms with Gasteiger partial charge in [-0.3, -0.25) is 15.2 Å². The summed E-state index contributed by atoms with van der Waals surface area (Å²) in [5, 5.41) is 26.5. The van der Waals surface area contributed by atoms with Crippen molar-refractivity contribution in [1.29, 1.82) is 5.41 Å². The fraction of sp³-hybridized carbons (Fsp3) is 0.105. The number of nitrogens with one attached hydrogen (secondary N) is 3. The van der Waals surface area contributed by atoms with Gasteiger partial charge in [0, 0.05) is 16.6 Å². The summed E-state index contributed by atoms with van der Waals surface area (Å²) in [5.74, 6) is -0.0422. The summed E-state index contributed by atoms with van der Waals surface area (Å²) >= 11 is 1.33. The lowest BCUT2D eigenvalue weighted by atomic mass is 10.2. The number of nitrogens with zero attached hydrogens (tertiary/aromatic N) is 3. The first kappa shape index (κ1) is 18.6. The van der Waals surface area contributed by atoms with E-state index in [2.05, 4.69) is 20.1 Å². The van der Waals surface area contributed by atoms with Crippen molar-refractivity contribution in [2.75, 3.05) is 6.54 Å². The van der Waals surface area contributed by atoms with Crippen LogP contribution in [-0.4, -0.2) is 43.7 Å². The first-order valence-electron chi connectivity index (χ1n) is 8.61. The van der Waals surface area contributed by atoms with E-state index < -0.39 is 11.2 Å². The molecule has 2 aromatic heterocycles. The number of rotatable bonds is 4. The molecule has 0 saturated carbocycles. The van der Waals surface area contributed by atoms with Crippen LogP contribution in [0.1, 0.15) is 16.3 Å². The predicted octanol–water partition coefficient (Wildman–Crippen LogP) is 2.09. The Hall–Kier alpha value is -3.79. The minimum Gasteiger partial charge on any atom is -0.509 e. The largest absolute Gasteiger partial charge is 0.509 e. The van der Waals surface area contributed by atoms with Gasteiger partial charge >= 0.3 is 5.69 Å². The van der Waals surface area contributed by atoms with Gasteiger partial charge in [-0.05, 0) is 6.92 Å². The Labute approximate surface area is 168 Å². The fourth-order valence-electron chi connectivity index (χ4n) is 2.91. The number of aliphatic hydroxyl groups excluding tert-OH is 1. The van der Waals surface area contributed by atoms with E-state index >= 15 is 0 Å². The molecule has 0 aliphatic carbocycles. The molecule has 0 spiro atoms. The molecular weight excluding hydrogens is 392 g/mol. The van der Waals surface area contributed by atoms with Gasteiger partial charge in [-0.25, -0.2) is 14.8 Å². The third-order valence-electron chi connectivity index (χ3n) is 4.37. The van der Waals surface area contributed by atoms with Crippen LogP contribution >= 0.6 is 11.3 Å². The molecule has 0 unspecified atom stereocenters. The molecule has 0 radical (unpaired) electrons. The molecule has 146 valence electrons. The topological polar surface area (TPSA) is 138 Å². The molecule has 1 aliphatic rings. The minimum absolute atomic E-state index is 0.00871.